The van der Waals surface area contributed by atoms with Crippen LogP contribution in [0, 0.1) is 0 Å². The zero-order valence-electron chi connectivity index (χ0n) is 12.0. The maximum atomic E-state index is 11.9. The smallest absolute Gasteiger partial charge is 0.313 e. The minimum atomic E-state index is -0.787. The number of likely N-dealkylation sites (N-methyl/N-ethyl adjacent to an activating group) is 1. The van der Waals surface area contributed by atoms with Crippen LogP contribution >= 0.6 is 0 Å². The number of nitrogens with zero attached hydrogens (tertiary/aromatic N) is 1. The summed E-state index contributed by atoms with van der Waals surface area (Å²) in [5.41, 5.74) is 0.926. The van der Waals surface area contributed by atoms with Crippen molar-refractivity contribution in [2.75, 3.05) is 30.3 Å². The SMILES string of the molecule is CCN(CCO)C(=O)C(=O)Nc1cccc(NC(C)=O)c1. The Morgan fingerprint density at radius 3 is 2.33 bits per heavy atom. The Morgan fingerprint density at radius 1 is 1.19 bits per heavy atom. The molecule has 7 heteroatoms. The summed E-state index contributed by atoms with van der Waals surface area (Å²) in [6.45, 7) is 3.33. The highest BCUT2D eigenvalue weighted by Gasteiger charge is 2.20. The quantitative estimate of drug-likeness (QED) is 0.685. The molecule has 0 heterocycles. The first-order valence-electron chi connectivity index (χ1n) is 6.56. The van der Waals surface area contributed by atoms with Crippen molar-refractivity contribution >= 4 is 29.1 Å². The van der Waals surface area contributed by atoms with E-state index in [4.69, 9.17) is 5.11 Å². The molecule has 21 heavy (non-hydrogen) atoms. The van der Waals surface area contributed by atoms with Crippen molar-refractivity contribution in [1.29, 1.82) is 0 Å². The van der Waals surface area contributed by atoms with E-state index < -0.39 is 11.8 Å². The van der Waals surface area contributed by atoms with Gasteiger partial charge in [-0.3, -0.25) is 14.4 Å². The van der Waals surface area contributed by atoms with Crippen LogP contribution < -0.4 is 10.6 Å². The van der Waals surface area contributed by atoms with Crippen LogP contribution in [0.3, 0.4) is 0 Å². The van der Waals surface area contributed by atoms with E-state index in [1.807, 2.05) is 0 Å². The van der Waals surface area contributed by atoms with Gasteiger partial charge in [-0.05, 0) is 25.1 Å². The third kappa shape index (κ3) is 5.23. The molecular weight excluding hydrogens is 274 g/mol. The standard InChI is InChI=1S/C14H19N3O4/c1-3-17(7-8-18)14(21)13(20)16-12-6-4-5-11(9-12)15-10(2)19/h4-6,9,18H,3,7-8H2,1-2H3,(H,15,19)(H,16,20). The van der Waals surface area contributed by atoms with Crippen LogP contribution in [0.5, 0.6) is 0 Å². The molecule has 0 fully saturated rings. The van der Waals surface area contributed by atoms with Crippen molar-refractivity contribution in [2.45, 2.75) is 13.8 Å². The third-order valence-electron chi connectivity index (χ3n) is 2.67. The largest absolute Gasteiger partial charge is 0.395 e. The molecule has 0 saturated heterocycles. The van der Waals surface area contributed by atoms with Gasteiger partial charge in [0.2, 0.25) is 5.91 Å². The maximum Gasteiger partial charge on any atom is 0.313 e. The third-order valence-corrected chi connectivity index (χ3v) is 2.67. The lowest BCUT2D eigenvalue weighted by Crippen LogP contribution is -2.41. The minimum absolute atomic E-state index is 0.106. The Kier molecular flexibility index (Phi) is 6.35. The summed E-state index contributed by atoms with van der Waals surface area (Å²) in [5.74, 6) is -1.73. The zero-order valence-corrected chi connectivity index (χ0v) is 12.0. The highest BCUT2D eigenvalue weighted by atomic mass is 16.3. The molecule has 0 saturated carbocycles. The molecule has 3 N–H and O–H groups in total. The van der Waals surface area contributed by atoms with Gasteiger partial charge < -0.3 is 20.6 Å². The number of benzene rings is 1. The summed E-state index contributed by atoms with van der Waals surface area (Å²) in [6, 6.07) is 6.48. The van der Waals surface area contributed by atoms with Gasteiger partial charge in [-0.25, -0.2) is 0 Å². The van der Waals surface area contributed by atoms with Gasteiger partial charge in [-0.2, -0.15) is 0 Å². The molecule has 0 aliphatic rings. The number of hydrogen-bond donors (Lipinski definition) is 3. The summed E-state index contributed by atoms with van der Waals surface area (Å²) in [7, 11) is 0. The van der Waals surface area contributed by atoms with Crippen LogP contribution in [0.4, 0.5) is 11.4 Å². The number of hydrogen-bond acceptors (Lipinski definition) is 4. The lowest BCUT2D eigenvalue weighted by Gasteiger charge is -2.18. The predicted octanol–water partition coefficient (Wildman–Crippen LogP) is 0.424. The van der Waals surface area contributed by atoms with E-state index in [1.165, 1.54) is 11.8 Å². The number of rotatable bonds is 5. The van der Waals surface area contributed by atoms with Crippen molar-refractivity contribution in [3.8, 4) is 0 Å². The van der Waals surface area contributed by atoms with Gasteiger partial charge in [0.15, 0.2) is 0 Å². The lowest BCUT2D eigenvalue weighted by atomic mass is 10.2. The molecule has 114 valence electrons. The van der Waals surface area contributed by atoms with Gasteiger partial charge >= 0.3 is 11.8 Å². The van der Waals surface area contributed by atoms with Gasteiger partial charge in [-0.1, -0.05) is 6.07 Å². The van der Waals surface area contributed by atoms with Gasteiger partial charge in [0.05, 0.1) is 6.61 Å². The molecule has 0 bridgehead atoms. The second-order valence-electron chi connectivity index (χ2n) is 4.32. The van der Waals surface area contributed by atoms with E-state index in [2.05, 4.69) is 10.6 Å². The summed E-state index contributed by atoms with van der Waals surface area (Å²) < 4.78 is 0. The molecule has 0 radical (unpaired) electrons. The molecule has 0 unspecified atom stereocenters. The molecule has 0 aliphatic carbocycles. The Labute approximate surface area is 122 Å². The van der Waals surface area contributed by atoms with Crippen molar-refractivity contribution in [2.24, 2.45) is 0 Å². The molecule has 3 amide bonds. The van der Waals surface area contributed by atoms with E-state index in [0.717, 1.165) is 0 Å². The number of nitrogens with one attached hydrogen (secondary N) is 2. The second-order valence-corrected chi connectivity index (χ2v) is 4.32. The monoisotopic (exact) mass is 293 g/mol. The second kappa shape index (κ2) is 8.01. The van der Waals surface area contributed by atoms with E-state index in [1.54, 1.807) is 31.2 Å². The molecule has 1 aromatic rings. The first-order chi connectivity index (χ1) is 9.97. The van der Waals surface area contributed by atoms with Crippen LogP contribution in [0.25, 0.3) is 0 Å². The number of amides is 3. The molecule has 7 nitrogen and oxygen atoms in total. The highest BCUT2D eigenvalue weighted by molar-refractivity contribution is 6.39. The van der Waals surface area contributed by atoms with Crippen molar-refractivity contribution in [1.82, 2.24) is 4.90 Å². The molecular formula is C14H19N3O4. The van der Waals surface area contributed by atoms with E-state index in [-0.39, 0.29) is 19.1 Å². The molecule has 1 rings (SSSR count). The van der Waals surface area contributed by atoms with E-state index in [0.29, 0.717) is 17.9 Å². The van der Waals surface area contributed by atoms with Crippen molar-refractivity contribution < 1.29 is 19.5 Å². The fourth-order valence-electron chi connectivity index (χ4n) is 1.73. The molecule has 1 aromatic carbocycles. The molecule has 0 aromatic heterocycles. The summed E-state index contributed by atoms with van der Waals surface area (Å²) in [6.07, 6.45) is 0. The molecule has 0 aliphatic heterocycles. The zero-order chi connectivity index (χ0) is 15.8. The van der Waals surface area contributed by atoms with Crippen LogP contribution in [0.2, 0.25) is 0 Å². The average Bonchev–Trinajstić information content (AvgIpc) is 2.43. The van der Waals surface area contributed by atoms with Crippen LogP contribution in [0.15, 0.2) is 24.3 Å². The first-order valence-corrected chi connectivity index (χ1v) is 6.56. The van der Waals surface area contributed by atoms with Gasteiger partial charge in [0.25, 0.3) is 0 Å². The van der Waals surface area contributed by atoms with Gasteiger partial charge in [0.1, 0.15) is 0 Å². The number of carbonyl (C=O) groups is 3. The number of aliphatic hydroxyl groups excluding tert-OH is 1. The fourth-order valence-corrected chi connectivity index (χ4v) is 1.73. The molecule has 0 spiro atoms. The number of anilines is 2. The predicted molar refractivity (Wildman–Crippen MR) is 78.7 cm³/mol. The highest BCUT2D eigenvalue weighted by Crippen LogP contribution is 2.15. The lowest BCUT2D eigenvalue weighted by molar-refractivity contribution is -0.143. The topological polar surface area (TPSA) is 98.7 Å². The van der Waals surface area contributed by atoms with Crippen LogP contribution in [-0.4, -0.2) is 47.4 Å². The summed E-state index contributed by atoms with van der Waals surface area (Å²) in [5, 5.41) is 13.9. The maximum absolute atomic E-state index is 11.9. The van der Waals surface area contributed by atoms with Crippen molar-refractivity contribution in [3.63, 3.8) is 0 Å². The Hall–Kier alpha value is -2.41. The van der Waals surface area contributed by atoms with Crippen LogP contribution in [0.1, 0.15) is 13.8 Å². The molecule has 0 atom stereocenters. The van der Waals surface area contributed by atoms with Gasteiger partial charge in [0, 0.05) is 31.4 Å². The number of aliphatic hydroxyl groups is 1. The average molecular weight is 293 g/mol. The Balaban J connectivity index is 2.74. The summed E-state index contributed by atoms with van der Waals surface area (Å²) >= 11 is 0. The van der Waals surface area contributed by atoms with Crippen LogP contribution in [-0.2, 0) is 14.4 Å². The van der Waals surface area contributed by atoms with Crippen molar-refractivity contribution in [3.05, 3.63) is 24.3 Å². The normalized spacial score (nSPS) is 9.86. The first kappa shape index (κ1) is 16.6. The minimum Gasteiger partial charge on any atom is -0.395 e. The number of carbonyl (C=O) groups excluding carboxylic acids is 3. The Bertz CT molecular complexity index is 531. The van der Waals surface area contributed by atoms with Gasteiger partial charge in [-0.15, -0.1) is 0 Å². The summed E-state index contributed by atoms with van der Waals surface area (Å²) in [4.78, 5) is 35.9. The fraction of sp³-hybridized carbons (Fsp3) is 0.357. The van der Waals surface area contributed by atoms with E-state index in [9.17, 15) is 14.4 Å². The van der Waals surface area contributed by atoms with E-state index >= 15 is 0 Å². The Morgan fingerprint density at radius 2 is 1.81 bits per heavy atom.